The van der Waals surface area contributed by atoms with Crippen LogP contribution in [-0.2, 0) is 14.4 Å². The molecule has 1 aromatic rings. The third kappa shape index (κ3) is 4.65. The molecule has 0 aliphatic carbocycles. The minimum atomic E-state index is -0.828. The van der Waals surface area contributed by atoms with Crippen LogP contribution in [-0.4, -0.2) is 88.6 Å². The predicted molar refractivity (Wildman–Crippen MR) is 159 cm³/mol. The third-order valence-electron chi connectivity index (χ3n) is 9.29. The lowest BCUT2D eigenvalue weighted by Crippen LogP contribution is -2.60. The Morgan fingerprint density at radius 2 is 1.88 bits per heavy atom. The maximum atomic E-state index is 14.8. The summed E-state index contributed by atoms with van der Waals surface area (Å²) < 4.78 is 4.54. The molecule has 0 saturated carbocycles. The minimum Gasteiger partial charge on any atom is -0.497 e. The largest absolute Gasteiger partial charge is 0.497 e. The van der Waals surface area contributed by atoms with E-state index in [0.717, 1.165) is 12.8 Å². The van der Waals surface area contributed by atoms with Gasteiger partial charge in [0.1, 0.15) is 11.8 Å². The maximum Gasteiger partial charge on any atom is 0.251 e. The molecule has 8 nitrogen and oxygen atoms in total. The summed E-state index contributed by atoms with van der Waals surface area (Å²) in [5.74, 6) is -0.992. The highest BCUT2D eigenvalue weighted by atomic mass is 32.2. The monoisotopic (exact) mass is 569 g/mol. The summed E-state index contributed by atoms with van der Waals surface area (Å²) in [6, 6.07) is 5.89. The Labute approximate surface area is 242 Å². The van der Waals surface area contributed by atoms with E-state index in [-0.39, 0.29) is 48.0 Å². The molecule has 3 fully saturated rings. The van der Waals surface area contributed by atoms with Crippen molar-refractivity contribution < 1.29 is 24.2 Å². The van der Waals surface area contributed by atoms with Gasteiger partial charge < -0.3 is 24.5 Å². The highest BCUT2D eigenvalue weighted by Crippen LogP contribution is 2.69. The number of ether oxygens (including phenoxy) is 1. The highest BCUT2D eigenvalue weighted by molar-refractivity contribution is 8.02. The van der Waals surface area contributed by atoms with Crippen molar-refractivity contribution in [3.05, 3.63) is 49.6 Å². The number of amides is 3. The Morgan fingerprint density at radius 3 is 2.42 bits per heavy atom. The Bertz CT molecular complexity index is 1140. The molecule has 218 valence electrons. The molecule has 3 heterocycles. The quantitative estimate of drug-likeness (QED) is 0.387. The molecule has 3 amide bonds. The number of rotatable bonds is 12. The number of carbonyl (C=O) groups excluding carboxylic acids is 3. The molecule has 40 heavy (non-hydrogen) atoms. The van der Waals surface area contributed by atoms with Crippen molar-refractivity contribution in [2.45, 2.75) is 55.7 Å². The van der Waals surface area contributed by atoms with E-state index in [1.807, 2.05) is 26.0 Å². The Balaban J connectivity index is 1.86. The molecule has 8 atom stereocenters. The first kappa shape index (κ1) is 30.2. The summed E-state index contributed by atoms with van der Waals surface area (Å²) in [5, 5.41) is 10.6. The Kier molecular flexibility index (Phi) is 9.05. The van der Waals surface area contributed by atoms with Crippen LogP contribution in [0.5, 0.6) is 5.75 Å². The van der Waals surface area contributed by atoms with Gasteiger partial charge in [-0.1, -0.05) is 39.3 Å². The molecular formula is C31H43N3O5S. The molecule has 1 spiro atoms. The van der Waals surface area contributed by atoms with Gasteiger partial charge in [-0.25, -0.2) is 0 Å². The smallest absolute Gasteiger partial charge is 0.251 e. The normalized spacial score (nSPS) is 30.0. The average Bonchev–Trinajstić information content (AvgIpc) is 3.55. The zero-order valence-electron chi connectivity index (χ0n) is 24.3. The van der Waals surface area contributed by atoms with E-state index < -0.39 is 28.7 Å². The summed E-state index contributed by atoms with van der Waals surface area (Å²) in [6.07, 6.45) is 4.84. The molecule has 3 aliphatic rings. The highest BCUT2D eigenvalue weighted by Gasteiger charge is 2.77. The number of hydrogen-bond acceptors (Lipinski definition) is 6. The van der Waals surface area contributed by atoms with Crippen molar-refractivity contribution in [3.8, 4) is 5.75 Å². The van der Waals surface area contributed by atoms with E-state index in [2.05, 4.69) is 20.1 Å². The fraction of sp³-hybridized carbons (Fsp3) is 0.581. The van der Waals surface area contributed by atoms with Crippen molar-refractivity contribution in [1.29, 1.82) is 0 Å². The van der Waals surface area contributed by atoms with Crippen molar-refractivity contribution in [2.24, 2.45) is 23.7 Å². The molecule has 4 rings (SSSR count). The minimum absolute atomic E-state index is 0.0295. The SMILES string of the molecule is C=CCN(C)C(=O)[C@@H]1[C@H]2C(=O)N([C@@H](CO)[C@@H](C)CC)C(C(=O)N(CC=C)c3ccc(OC)cc3)C23S[C@@H]1CC3C. The zero-order chi connectivity index (χ0) is 29.4. The molecular weight excluding hydrogens is 526 g/mol. The summed E-state index contributed by atoms with van der Waals surface area (Å²) in [4.78, 5) is 48.1. The van der Waals surface area contributed by atoms with Gasteiger partial charge in [-0.2, -0.15) is 0 Å². The van der Waals surface area contributed by atoms with Crippen LogP contribution in [0.3, 0.4) is 0 Å². The number of benzene rings is 1. The number of fused-ring (bicyclic) bond motifs is 1. The summed E-state index contributed by atoms with van der Waals surface area (Å²) >= 11 is 1.65. The molecule has 3 aliphatic heterocycles. The van der Waals surface area contributed by atoms with E-state index in [1.54, 1.807) is 64.9 Å². The molecule has 1 aromatic carbocycles. The second kappa shape index (κ2) is 12.0. The first-order chi connectivity index (χ1) is 19.1. The van der Waals surface area contributed by atoms with Gasteiger partial charge in [0.15, 0.2) is 0 Å². The maximum absolute atomic E-state index is 14.8. The van der Waals surface area contributed by atoms with Crippen molar-refractivity contribution >= 4 is 35.2 Å². The van der Waals surface area contributed by atoms with Crippen molar-refractivity contribution in [1.82, 2.24) is 9.80 Å². The number of thioether (sulfide) groups is 1. The van der Waals surface area contributed by atoms with E-state index in [4.69, 9.17) is 4.74 Å². The van der Waals surface area contributed by atoms with Gasteiger partial charge >= 0.3 is 0 Å². The van der Waals surface area contributed by atoms with Crippen LogP contribution < -0.4 is 9.64 Å². The van der Waals surface area contributed by atoms with E-state index in [9.17, 15) is 19.5 Å². The van der Waals surface area contributed by atoms with Gasteiger partial charge in [0.05, 0.1) is 36.3 Å². The molecule has 9 heteroatoms. The number of methoxy groups -OCH3 is 1. The number of aliphatic hydroxyl groups excluding tert-OH is 1. The number of likely N-dealkylation sites (tertiary alicyclic amines) is 1. The van der Waals surface area contributed by atoms with Crippen LogP contribution in [0, 0.1) is 23.7 Å². The van der Waals surface area contributed by atoms with Crippen LogP contribution in [0.1, 0.15) is 33.6 Å². The number of hydrogen-bond donors (Lipinski definition) is 1. The lowest BCUT2D eigenvalue weighted by molar-refractivity contribution is -0.145. The molecule has 2 bridgehead atoms. The molecule has 0 radical (unpaired) electrons. The van der Waals surface area contributed by atoms with Gasteiger partial charge in [-0.3, -0.25) is 14.4 Å². The Hall–Kier alpha value is -2.78. The van der Waals surface area contributed by atoms with Crippen LogP contribution in [0.25, 0.3) is 0 Å². The lowest BCUT2D eigenvalue weighted by Gasteiger charge is -2.43. The van der Waals surface area contributed by atoms with Crippen molar-refractivity contribution in [2.75, 3.05) is 38.8 Å². The fourth-order valence-corrected chi connectivity index (χ4v) is 9.49. The van der Waals surface area contributed by atoms with Gasteiger partial charge in [0.25, 0.3) is 5.91 Å². The van der Waals surface area contributed by atoms with Gasteiger partial charge in [-0.15, -0.1) is 24.9 Å². The van der Waals surface area contributed by atoms with Crippen LogP contribution in [0.4, 0.5) is 5.69 Å². The molecule has 0 aromatic heterocycles. The van der Waals surface area contributed by atoms with E-state index in [0.29, 0.717) is 18.0 Å². The van der Waals surface area contributed by atoms with E-state index in [1.165, 1.54) is 0 Å². The van der Waals surface area contributed by atoms with Crippen molar-refractivity contribution in [3.63, 3.8) is 0 Å². The number of aliphatic hydroxyl groups is 1. The standard InChI is InChI=1S/C31H43N3O5S/c1-8-15-32(6)28(36)25-24-17-20(5)31(40-24)26(25)29(37)34(23(18-35)19(4)10-3)27(31)30(38)33(16-9-2)21-11-13-22(39-7)14-12-21/h8-9,11-14,19-20,23-27,35H,1-2,10,15-18H2,3-7H3/t19-,20?,23-,24+,25-,26-,27?,31?/m0/s1. The molecule has 1 N–H and O–H groups in total. The number of carbonyl (C=O) groups is 3. The lowest BCUT2D eigenvalue weighted by atomic mass is 9.65. The fourth-order valence-electron chi connectivity index (χ4n) is 7.09. The molecule has 3 saturated heterocycles. The number of anilines is 1. The summed E-state index contributed by atoms with van der Waals surface area (Å²) in [5.41, 5.74) is 0.672. The first-order valence-corrected chi connectivity index (χ1v) is 15.0. The topological polar surface area (TPSA) is 90.4 Å². The number of nitrogens with zero attached hydrogens (tertiary/aromatic N) is 3. The summed E-state index contributed by atoms with van der Waals surface area (Å²) in [6.45, 7) is 14.2. The van der Waals surface area contributed by atoms with Crippen LogP contribution >= 0.6 is 11.8 Å². The zero-order valence-corrected chi connectivity index (χ0v) is 25.1. The number of likely N-dealkylation sites (N-methyl/N-ethyl adjacent to an activating group) is 1. The van der Waals surface area contributed by atoms with Gasteiger partial charge in [0.2, 0.25) is 11.8 Å². The second-order valence-corrected chi connectivity index (χ2v) is 12.9. The van der Waals surface area contributed by atoms with Crippen LogP contribution in [0.2, 0.25) is 0 Å². The van der Waals surface area contributed by atoms with Gasteiger partial charge in [-0.05, 0) is 42.5 Å². The van der Waals surface area contributed by atoms with Gasteiger partial charge in [0, 0.05) is 31.1 Å². The first-order valence-electron chi connectivity index (χ1n) is 14.2. The summed E-state index contributed by atoms with van der Waals surface area (Å²) in [7, 11) is 3.33. The van der Waals surface area contributed by atoms with Crippen LogP contribution in [0.15, 0.2) is 49.6 Å². The predicted octanol–water partition coefficient (Wildman–Crippen LogP) is 3.60. The molecule has 3 unspecified atom stereocenters. The Morgan fingerprint density at radius 1 is 1.23 bits per heavy atom. The average molecular weight is 570 g/mol. The second-order valence-electron chi connectivity index (χ2n) is 11.4. The third-order valence-corrected chi connectivity index (χ3v) is 11.4. The van der Waals surface area contributed by atoms with E-state index >= 15 is 0 Å².